The zero-order valence-corrected chi connectivity index (χ0v) is 11.8. The molecule has 1 atom stereocenters. The molecule has 1 aliphatic rings. The first-order valence-corrected chi connectivity index (χ1v) is 6.74. The highest BCUT2D eigenvalue weighted by Crippen LogP contribution is 2.21. The van der Waals surface area contributed by atoms with E-state index in [1.807, 2.05) is 30.3 Å². The van der Waals surface area contributed by atoms with Crippen molar-refractivity contribution in [2.45, 2.75) is 18.9 Å². The third-order valence-corrected chi connectivity index (χ3v) is 3.84. The van der Waals surface area contributed by atoms with E-state index in [1.54, 1.807) is 0 Å². The molecule has 0 bridgehead atoms. The van der Waals surface area contributed by atoms with E-state index in [-0.39, 0.29) is 24.2 Å². The van der Waals surface area contributed by atoms with Crippen molar-refractivity contribution in [2.24, 2.45) is 0 Å². The smallest absolute Gasteiger partial charge is 0.157 e. The summed E-state index contributed by atoms with van der Waals surface area (Å²) in [5.41, 5.74) is 1.05. The number of carbonyl (C=O) groups is 1. The monoisotopic (exact) mass is 295 g/mol. The Labute approximate surface area is 121 Å². The molecule has 3 rings (SSSR count). The van der Waals surface area contributed by atoms with E-state index >= 15 is 0 Å². The summed E-state index contributed by atoms with van der Waals surface area (Å²) < 4.78 is 4.26. The number of Topliss-reactive ketones (excluding diaryl/α,β-unsaturated/α-hetero) is 1. The lowest BCUT2D eigenvalue weighted by molar-refractivity contribution is -0.122. The molecule has 0 saturated carbocycles. The van der Waals surface area contributed by atoms with Crippen LogP contribution in [0.3, 0.4) is 0 Å². The van der Waals surface area contributed by atoms with Gasteiger partial charge in [-0.2, -0.15) is 4.37 Å². The number of hydrogen-bond donors (Lipinski definition) is 1. The molecule has 1 aromatic carbocycles. The van der Waals surface area contributed by atoms with Crippen LogP contribution in [-0.2, 0) is 11.2 Å². The summed E-state index contributed by atoms with van der Waals surface area (Å²) in [7, 11) is 0. The van der Waals surface area contributed by atoms with Crippen LogP contribution in [0.2, 0.25) is 0 Å². The number of nitrogens with one attached hydrogen (secondary N) is 1. The minimum absolute atomic E-state index is 0. The molecule has 2 aromatic rings. The second-order valence-corrected chi connectivity index (χ2v) is 5.07. The number of ketones is 1. The molecule has 0 unspecified atom stereocenters. The van der Waals surface area contributed by atoms with Crippen molar-refractivity contribution in [3.8, 4) is 10.6 Å². The first-order valence-electron chi connectivity index (χ1n) is 5.97. The third kappa shape index (κ3) is 3.18. The Bertz CT molecular complexity index is 554. The number of aromatic nitrogens is 2. The molecule has 0 spiro atoms. The predicted octanol–water partition coefficient (Wildman–Crippen LogP) is 2.10. The SMILES string of the molecule is Cl.O=C(Cc1nsc(-c2ccccc2)n1)[C@@H]1CCN1. The highest BCUT2D eigenvalue weighted by Gasteiger charge is 2.25. The summed E-state index contributed by atoms with van der Waals surface area (Å²) in [5.74, 6) is 0.830. The quantitative estimate of drug-likeness (QED) is 0.938. The Morgan fingerprint density at radius 3 is 2.74 bits per heavy atom. The van der Waals surface area contributed by atoms with E-state index in [1.165, 1.54) is 11.5 Å². The summed E-state index contributed by atoms with van der Waals surface area (Å²) >= 11 is 1.35. The number of benzene rings is 1. The van der Waals surface area contributed by atoms with Gasteiger partial charge in [-0.1, -0.05) is 30.3 Å². The topological polar surface area (TPSA) is 54.9 Å². The zero-order chi connectivity index (χ0) is 12.4. The van der Waals surface area contributed by atoms with E-state index in [2.05, 4.69) is 14.7 Å². The van der Waals surface area contributed by atoms with Crippen molar-refractivity contribution in [3.63, 3.8) is 0 Å². The molecule has 6 heteroatoms. The van der Waals surface area contributed by atoms with Crippen molar-refractivity contribution < 1.29 is 4.79 Å². The van der Waals surface area contributed by atoms with Crippen LogP contribution in [0.5, 0.6) is 0 Å². The van der Waals surface area contributed by atoms with Crippen LogP contribution < -0.4 is 5.32 Å². The van der Waals surface area contributed by atoms with Crippen LogP contribution in [0.1, 0.15) is 12.2 Å². The minimum atomic E-state index is 0. The molecule has 0 aliphatic carbocycles. The average Bonchev–Trinajstić information content (AvgIpc) is 2.76. The highest BCUT2D eigenvalue weighted by atomic mass is 35.5. The summed E-state index contributed by atoms with van der Waals surface area (Å²) in [6.07, 6.45) is 1.27. The Morgan fingerprint density at radius 1 is 1.37 bits per heavy atom. The lowest BCUT2D eigenvalue weighted by atomic mass is 10.0. The van der Waals surface area contributed by atoms with Crippen LogP contribution in [0.4, 0.5) is 0 Å². The van der Waals surface area contributed by atoms with E-state index in [9.17, 15) is 4.79 Å². The molecule has 1 aliphatic heterocycles. The van der Waals surface area contributed by atoms with E-state index in [0.29, 0.717) is 12.2 Å². The molecule has 0 amide bonds. The van der Waals surface area contributed by atoms with Crippen molar-refractivity contribution in [1.29, 1.82) is 0 Å². The van der Waals surface area contributed by atoms with Gasteiger partial charge >= 0.3 is 0 Å². The molecule has 2 heterocycles. The number of carbonyl (C=O) groups excluding carboxylic acids is 1. The summed E-state index contributed by atoms with van der Waals surface area (Å²) in [5, 5.41) is 3.98. The fourth-order valence-corrected chi connectivity index (χ4v) is 2.55. The summed E-state index contributed by atoms with van der Waals surface area (Å²) in [4.78, 5) is 16.2. The summed E-state index contributed by atoms with van der Waals surface area (Å²) in [6.45, 7) is 0.941. The van der Waals surface area contributed by atoms with E-state index in [0.717, 1.165) is 23.5 Å². The average molecular weight is 296 g/mol. The van der Waals surface area contributed by atoms with Crippen molar-refractivity contribution in [3.05, 3.63) is 36.2 Å². The Morgan fingerprint density at radius 2 is 2.11 bits per heavy atom. The Balaban J connectivity index is 0.00000133. The predicted molar refractivity (Wildman–Crippen MR) is 77.7 cm³/mol. The molecule has 100 valence electrons. The molecule has 1 N–H and O–H groups in total. The van der Waals surface area contributed by atoms with Gasteiger partial charge in [0, 0.05) is 5.56 Å². The standard InChI is InChI=1S/C13H13N3OS.ClH/c17-11(10-6-7-14-10)8-12-15-13(18-16-12)9-4-2-1-3-5-9;/h1-5,10,14H,6-8H2;1H/t10-;/m0./s1. The normalized spacial score (nSPS) is 17.4. The molecule has 1 fully saturated rings. The third-order valence-electron chi connectivity index (χ3n) is 3.03. The molecule has 1 aromatic heterocycles. The van der Waals surface area contributed by atoms with E-state index < -0.39 is 0 Å². The van der Waals surface area contributed by atoms with Crippen LogP contribution in [0.15, 0.2) is 30.3 Å². The number of hydrogen-bond acceptors (Lipinski definition) is 5. The fourth-order valence-electron chi connectivity index (χ4n) is 1.87. The second kappa shape index (κ2) is 6.23. The number of nitrogens with zero attached hydrogens (tertiary/aromatic N) is 2. The van der Waals surface area contributed by atoms with Gasteiger partial charge in [-0.25, -0.2) is 4.98 Å². The van der Waals surface area contributed by atoms with Gasteiger partial charge in [-0.15, -0.1) is 12.4 Å². The molecule has 0 radical (unpaired) electrons. The largest absolute Gasteiger partial charge is 0.307 e. The molecular weight excluding hydrogens is 282 g/mol. The lowest BCUT2D eigenvalue weighted by Gasteiger charge is -2.25. The van der Waals surface area contributed by atoms with Crippen LogP contribution in [-0.4, -0.2) is 27.7 Å². The van der Waals surface area contributed by atoms with Gasteiger partial charge in [-0.05, 0) is 24.5 Å². The lowest BCUT2D eigenvalue weighted by Crippen LogP contribution is -2.49. The Kier molecular flexibility index (Phi) is 4.63. The van der Waals surface area contributed by atoms with Gasteiger partial charge in [0.25, 0.3) is 0 Å². The van der Waals surface area contributed by atoms with Gasteiger partial charge in [-0.3, -0.25) is 4.79 Å². The fraction of sp³-hybridized carbons (Fsp3) is 0.308. The zero-order valence-electron chi connectivity index (χ0n) is 10.2. The van der Waals surface area contributed by atoms with Crippen LogP contribution in [0, 0.1) is 0 Å². The summed E-state index contributed by atoms with van der Waals surface area (Å²) in [6, 6.07) is 9.93. The molecular formula is C13H14ClN3OS. The van der Waals surface area contributed by atoms with Crippen LogP contribution >= 0.6 is 23.9 Å². The maximum Gasteiger partial charge on any atom is 0.157 e. The van der Waals surface area contributed by atoms with E-state index in [4.69, 9.17) is 0 Å². The Hall–Kier alpha value is -1.30. The van der Waals surface area contributed by atoms with Gasteiger partial charge in [0.2, 0.25) is 0 Å². The van der Waals surface area contributed by atoms with Crippen molar-refractivity contribution in [2.75, 3.05) is 6.54 Å². The van der Waals surface area contributed by atoms with Gasteiger partial charge < -0.3 is 5.32 Å². The van der Waals surface area contributed by atoms with Crippen LogP contribution in [0.25, 0.3) is 10.6 Å². The van der Waals surface area contributed by atoms with Crippen molar-refractivity contribution >= 4 is 29.7 Å². The number of rotatable bonds is 4. The van der Waals surface area contributed by atoms with Gasteiger partial charge in [0.05, 0.1) is 12.5 Å². The minimum Gasteiger partial charge on any atom is -0.307 e. The molecule has 4 nitrogen and oxygen atoms in total. The van der Waals surface area contributed by atoms with Crippen molar-refractivity contribution in [1.82, 2.24) is 14.7 Å². The van der Waals surface area contributed by atoms with Gasteiger partial charge in [0.1, 0.15) is 10.8 Å². The van der Waals surface area contributed by atoms with Gasteiger partial charge in [0.15, 0.2) is 5.78 Å². The molecule has 19 heavy (non-hydrogen) atoms. The highest BCUT2D eigenvalue weighted by molar-refractivity contribution is 7.09. The first kappa shape index (κ1) is 14.1. The maximum atomic E-state index is 11.8. The molecule has 1 saturated heterocycles. The maximum absolute atomic E-state index is 11.8. The second-order valence-electron chi connectivity index (χ2n) is 4.32. The number of halogens is 1. The first-order chi connectivity index (χ1) is 8.83.